The van der Waals surface area contributed by atoms with Gasteiger partial charge in [-0.2, -0.15) is 4.98 Å². The molecule has 0 fully saturated rings. The fraction of sp³-hybridized carbons (Fsp3) is 0.550. The second-order valence-corrected chi connectivity index (χ2v) is 8.05. The monoisotopic (exact) mass is 343 g/mol. The summed E-state index contributed by atoms with van der Waals surface area (Å²) in [6, 6.07) is 8.16. The summed E-state index contributed by atoms with van der Waals surface area (Å²) in [6.07, 6.45) is 1.09. The van der Waals surface area contributed by atoms with Crippen LogP contribution in [-0.4, -0.2) is 33.5 Å². The number of hydrogen-bond acceptors (Lipinski definition) is 4. The average Bonchev–Trinajstić information content (AvgIpc) is 2.95. The number of amides is 1. The van der Waals surface area contributed by atoms with E-state index in [9.17, 15) is 4.79 Å². The molecule has 0 saturated heterocycles. The van der Waals surface area contributed by atoms with Crippen LogP contribution in [0.25, 0.3) is 11.4 Å². The maximum absolute atomic E-state index is 12.5. The van der Waals surface area contributed by atoms with Crippen LogP contribution in [0, 0.1) is 12.3 Å². The van der Waals surface area contributed by atoms with E-state index in [0.717, 1.165) is 5.56 Å². The summed E-state index contributed by atoms with van der Waals surface area (Å²) in [4.78, 5) is 18.9. The van der Waals surface area contributed by atoms with E-state index < -0.39 is 0 Å². The molecule has 0 bridgehead atoms. The smallest absolute Gasteiger partial charge is 0.228 e. The zero-order valence-corrected chi connectivity index (χ0v) is 16.2. The summed E-state index contributed by atoms with van der Waals surface area (Å²) in [6.45, 7) is 12.9. The van der Waals surface area contributed by atoms with Gasteiger partial charge in [-0.3, -0.25) is 4.79 Å². The van der Waals surface area contributed by atoms with E-state index in [-0.39, 0.29) is 17.4 Å². The fourth-order valence-electron chi connectivity index (χ4n) is 2.62. The van der Waals surface area contributed by atoms with Crippen molar-refractivity contribution in [1.29, 1.82) is 0 Å². The molecule has 1 aromatic heterocycles. The first-order valence-corrected chi connectivity index (χ1v) is 8.85. The van der Waals surface area contributed by atoms with Crippen LogP contribution in [-0.2, 0) is 11.2 Å². The third-order valence-corrected chi connectivity index (χ3v) is 3.97. The van der Waals surface area contributed by atoms with Crippen LogP contribution in [0.1, 0.15) is 52.5 Å². The van der Waals surface area contributed by atoms with Crippen LogP contribution in [0.3, 0.4) is 0 Å². The molecule has 0 aliphatic carbocycles. The second kappa shape index (κ2) is 7.81. The second-order valence-electron chi connectivity index (χ2n) is 8.05. The lowest BCUT2D eigenvalue weighted by molar-refractivity contribution is -0.134. The van der Waals surface area contributed by atoms with E-state index in [2.05, 4.69) is 30.9 Å². The molecule has 5 nitrogen and oxygen atoms in total. The number of carbonyl (C=O) groups excluding carboxylic acids is 1. The van der Waals surface area contributed by atoms with E-state index in [1.807, 2.05) is 49.9 Å². The SMILES string of the molecule is Cc1ccc(-c2noc(CCN(C(=O)CC(C)(C)C)C(C)C)n2)cc1. The highest BCUT2D eigenvalue weighted by Crippen LogP contribution is 2.21. The minimum atomic E-state index is -0.0205. The summed E-state index contributed by atoms with van der Waals surface area (Å²) in [5.74, 6) is 1.32. The van der Waals surface area contributed by atoms with Gasteiger partial charge in [0.05, 0.1) is 0 Å². The minimum Gasteiger partial charge on any atom is -0.340 e. The van der Waals surface area contributed by atoms with E-state index in [1.165, 1.54) is 5.56 Å². The van der Waals surface area contributed by atoms with Gasteiger partial charge in [-0.1, -0.05) is 55.8 Å². The third kappa shape index (κ3) is 5.69. The Labute approximate surface area is 150 Å². The third-order valence-electron chi connectivity index (χ3n) is 3.97. The molecule has 2 rings (SSSR count). The Morgan fingerprint density at radius 2 is 1.84 bits per heavy atom. The number of hydrogen-bond donors (Lipinski definition) is 0. The lowest BCUT2D eigenvalue weighted by Crippen LogP contribution is -2.40. The fourth-order valence-corrected chi connectivity index (χ4v) is 2.62. The van der Waals surface area contributed by atoms with Gasteiger partial charge in [0.2, 0.25) is 17.6 Å². The largest absolute Gasteiger partial charge is 0.340 e. The molecule has 0 aliphatic heterocycles. The first-order chi connectivity index (χ1) is 11.7. The lowest BCUT2D eigenvalue weighted by atomic mass is 9.91. The molecule has 2 aromatic rings. The van der Waals surface area contributed by atoms with Crippen LogP contribution in [0.4, 0.5) is 0 Å². The molecule has 25 heavy (non-hydrogen) atoms. The van der Waals surface area contributed by atoms with Crippen molar-refractivity contribution < 1.29 is 9.32 Å². The zero-order valence-electron chi connectivity index (χ0n) is 16.2. The summed E-state index contributed by atoms with van der Waals surface area (Å²) in [7, 11) is 0. The standard InChI is InChI=1S/C20H29N3O2/c1-14(2)23(18(24)13-20(4,5)6)12-11-17-21-19(22-25-17)16-9-7-15(3)8-10-16/h7-10,14H,11-13H2,1-6H3. The van der Waals surface area contributed by atoms with Gasteiger partial charge in [0.25, 0.3) is 0 Å². The molecule has 136 valence electrons. The Balaban J connectivity index is 2.01. The molecule has 5 heteroatoms. The number of benzene rings is 1. The summed E-state index contributed by atoms with van der Waals surface area (Å²) >= 11 is 0. The molecule has 0 spiro atoms. The Hall–Kier alpha value is -2.17. The van der Waals surface area contributed by atoms with Gasteiger partial charge in [0, 0.05) is 31.0 Å². The summed E-state index contributed by atoms with van der Waals surface area (Å²) in [5, 5.41) is 4.05. The van der Waals surface area contributed by atoms with Gasteiger partial charge in [-0.15, -0.1) is 0 Å². The van der Waals surface area contributed by atoms with Crippen LogP contribution >= 0.6 is 0 Å². The number of aryl methyl sites for hydroxylation is 1. The molecule has 0 radical (unpaired) electrons. The van der Waals surface area contributed by atoms with E-state index >= 15 is 0 Å². The normalized spacial score (nSPS) is 11.8. The number of nitrogens with zero attached hydrogens (tertiary/aromatic N) is 3. The van der Waals surface area contributed by atoms with E-state index in [0.29, 0.717) is 31.1 Å². The first kappa shape index (κ1) is 19.2. The van der Waals surface area contributed by atoms with Crippen molar-refractivity contribution in [3.05, 3.63) is 35.7 Å². The van der Waals surface area contributed by atoms with Crippen molar-refractivity contribution in [3.8, 4) is 11.4 Å². The highest BCUT2D eigenvalue weighted by atomic mass is 16.5. The van der Waals surface area contributed by atoms with Crippen molar-refractivity contribution >= 4 is 5.91 Å². The van der Waals surface area contributed by atoms with Crippen LogP contribution in [0.2, 0.25) is 0 Å². The maximum Gasteiger partial charge on any atom is 0.228 e. The van der Waals surface area contributed by atoms with Gasteiger partial charge in [0.1, 0.15) is 0 Å². The van der Waals surface area contributed by atoms with Crippen molar-refractivity contribution in [1.82, 2.24) is 15.0 Å². The highest BCUT2D eigenvalue weighted by molar-refractivity contribution is 5.77. The van der Waals surface area contributed by atoms with Gasteiger partial charge >= 0.3 is 0 Å². The predicted molar refractivity (Wildman–Crippen MR) is 99.1 cm³/mol. The molecule has 0 saturated carbocycles. The van der Waals surface area contributed by atoms with Crippen LogP contribution < -0.4 is 0 Å². The lowest BCUT2D eigenvalue weighted by Gasteiger charge is -2.29. The Kier molecular flexibility index (Phi) is 5.98. The van der Waals surface area contributed by atoms with Crippen molar-refractivity contribution in [2.45, 2.75) is 60.4 Å². The average molecular weight is 343 g/mol. The van der Waals surface area contributed by atoms with Crippen molar-refractivity contribution in [2.75, 3.05) is 6.54 Å². The molecule has 1 aromatic carbocycles. The Morgan fingerprint density at radius 3 is 2.40 bits per heavy atom. The van der Waals surface area contributed by atoms with Gasteiger partial charge in [-0.05, 0) is 26.2 Å². The van der Waals surface area contributed by atoms with E-state index in [1.54, 1.807) is 0 Å². The molecule has 0 unspecified atom stereocenters. The van der Waals surface area contributed by atoms with Crippen LogP contribution in [0.5, 0.6) is 0 Å². The molecule has 0 N–H and O–H groups in total. The highest BCUT2D eigenvalue weighted by Gasteiger charge is 2.23. The Morgan fingerprint density at radius 1 is 1.20 bits per heavy atom. The molecular weight excluding hydrogens is 314 g/mol. The van der Waals surface area contributed by atoms with E-state index in [4.69, 9.17) is 4.52 Å². The topological polar surface area (TPSA) is 59.2 Å². The zero-order chi connectivity index (χ0) is 18.6. The van der Waals surface area contributed by atoms with Gasteiger partial charge in [0.15, 0.2) is 0 Å². The molecule has 0 atom stereocenters. The first-order valence-electron chi connectivity index (χ1n) is 8.85. The molecular formula is C20H29N3O2. The minimum absolute atomic E-state index is 0.0205. The van der Waals surface area contributed by atoms with Gasteiger partial charge in [-0.25, -0.2) is 0 Å². The number of carbonyl (C=O) groups is 1. The van der Waals surface area contributed by atoms with Crippen molar-refractivity contribution in [3.63, 3.8) is 0 Å². The van der Waals surface area contributed by atoms with Gasteiger partial charge < -0.3 is 9.42 Å². The number of aromatic nitrogens is 2. The quantitative estimate of drug-likeness (QED) is 0.786. The molecule has 1 heterocycles. The predicted octanol–water partition coefficient (Wildman–Crippen LogP) is 4.26. The summed E-state index contributed by atoms with van der Waals surface area (Å²) < 4.78 is 5.36. The molecule has 1 amide bonds. The van der Waals surface area contributed by atoms with Crippen LogP contribution in [0.15, 0.2) is 28.8 Å². The number of rotatable bonds is 6. The summed E-state index contributed by atoms with van der Waals surface area (Å²) in [5.41, 5.74) is 2.11. The Bertz CT molecular complexity index is 696. The van der Waals surface area contributed by atoms with Crippen molar-refractivity contribution in [2.24, 2.45) is 5.41 Å². The molecule has 0 aliphatic rings. The maximum atomic E-state index is 12.5.